The van der Waals surface area contributed by atoms with Gasteiger partial charge in [0.1, 0.15) is 5.82 Å². The lowest BCUT2D eigenvalue weighted by Crippen LogP contribution is -2.53. The molecule has 0 unspecified atom stereocenters. The summed E-state index contributed by atoms with van der Waals surface area (Å²) >= 11 is 0. The van der Waals surface area contributed by atoms with E-state index in [-0.39, 0.29) is 36.0 Å². The number of carbonyl (C=O) groups is 2. The zero-order chi connectivity index (χ0) is 20.4. The van der Waals surface area contributed by atoms with Crippen LogP contribution >= 0.6 is 0 Å². The van der Waals surface area contributed by atoms with Crippen molar-refractivity contribution in [1.29, 1.82) is 0 Å². The molecule has 3 atom stereocenters. The van der Waals surface area contributed by atoms with E-state index in [0.29, 0.717) is 19.6 Å². The lowest BCUT2D eigenvalue weighted by atomic mass is 9.83. The quantitative estimate of drug-likeness (QED) is 0.457. The molecular formula is C20H35N5O3. The van der Waals surface area contributed by atoms with E-state index in [1.807, 2.05) is 13.8 Å². The van der Waals surface area contributed by atoms with Crippen LogP contribution in [0, 0.1) is 5.92 Å². The molecule has 4 N–H and O–H groups in total. The van der Waals surface area contributed by atoms with Gasteiger partial charge in [-0.2, -0.15) is 0 Å². The van der Waals surface area contributed by atoms with Crippen LogP contribution in [0.15, 0.2) is 12.4 Å². The predicted octanol–water partition coefficient (Wildman–Crippen LogP) is 2.13. The van der Waals surface area contributed by atoms with E-state index in [1.165, 1.54) is 0 Å². The first-order chi connectivity index (χ1) is 13.5. The molecule has 2 rings (SSSR count). The van der Waals surface area contributed by atoms with Crippen LogP contribution in [0.1, 0.15) is 58.7 Å². The van der Waals surface area contributed by atoms with Gasteiger partial charge >= 0.3 is 6.03 Å². The summed E-state index contributed by atoms with van der Waals surface area (Å²) in [7, 11) is 0. The molecule has 0 spiro atoms. The van der Waals surface area contributed by atoms with Gasteiger partial charge in [0.15, 0.2) is 0 Å². The molecule has 1 aliphatic carbocycles. The van der Waals surface area contributed by atoms with Crippen molar-refractivity contribution in [3.63, 3.8) is 0 Å². The number of aromatic amines is 1. The minimum absolute atomic E-state index is 0.0409. The zero-order valence-electron chi connectivity index (χ0n) is 17.3. The van der Waals surface area contributed by atoms with Crippen molar-refractivity contribution >= 4 is 11.9 Å². The fourth-order valence-corrected chi connectivity index (χ4v) is 3.52. The van der Waals surface area contributed by atoms with Crippen LogP contribution in [0.2, 0.25) is 0 Å². The van der Waals surface area contributed by atoms with E-state index in [4.69, 9.17) is 4.74 Å². The Labute approximate surface area is 167 Å². The average Bonchev–Trinajstić information content (AvgIpc) is 3.16. The number of aryl methyl sites for hydroxylation is 1. The lowest BCUT2D eigenvalue weighted by molar-refractivity contribution is -0.127. The molecule has 1 aromatic rings. The van der Waals surface area contributed by atoms with E-state index in [2.05, 4.69) is 32.8 Å². The molecule has 1 saturated carbocycles. The first-order valence-corrected chi connectivity index (χ1v) is 10.4. The molecular weight excluding hydrogens is 358 g/mol. The summed E-state index contributed by atoms with van der Waals surface area (Å²) in [4.78, 5) is 32.0. The van der Waals surface area contributed by atoms with Gasteiger partial charge in [0.2, 0.25) is 5.91 Å². The van der Waals surface area contributed by atoms with Crippen molar-refractivity contribution in [3.8, 4) is 0 Å². The third kappa shape index (κ3) is 7.50. The van der Waals surface area contributed by atoms with Crippen molar-refractivity contribution in [2.24, 2.45) is 5.92 Å². The Morgan fingerprint density at radius 2 is 2.18 bits per heavy atom. The molecule has 3 amide bonds. The summed E-state index contributed by atoms with van der Waals surface area (Å²) in [6.45, 7) is 7.20. The molecule has 0 aliphatic heterocycles. The average molecular weight is 394 g/mol. The molecule has 28 heavy (non-hydrogen) atoms. The lowest BCUT2D eigenvalue weighted by Gasteiger charge is -2.36. The van der Waals surface area contributed by atoms with Crippen molar-refractivity contribution in [3.05, 3.63) is 18.2 Å². The van der Waals surface area contributed by atoms with E-state index in [0.717, 1.165) is 37.9 Å². The smallest absolute Gasteiger partial charge is 0.315 e. The van der Waals surface area contributed by atoms with Crippen LogP contribution in [-0.2, 0) is 16.0 Å². The molecule has 0 bridgehead atoms. The summed E-state index contributed by atoms with van der Waals surface area (Å²) in [5.41, 5.74) is 0. The van der Waals surface area contributed by atoms with Gasteiger partial charge in [-0.3, -0.25) is 4.79 Å². The Morgan fingerprint density at radius 3 is 2.86 bits per heavy atom. The fourth-order valence-electron chi connectivity index (χ4n) is 3.52. The van der Waals surface area contributed by atoms with Crippen LogP contribution in [0.25, 0.3) is 0 Å². The summed E-state index contributed by atoms with van der Waals surface area (Å²) < 4.78 is 5.93. The maximum Gasteiger partial charge on any atom is 0.315 e. The van der Waals surface area contributed by atoms with Crippen molar-refractivity contribution in [1.82, 2.24) is 25.9 Å². The molecule has 0 saturated heterocycles. The SMILES string of the molecule is CCCO[C@@H]1CC[C@H](C(=O)NCCCc2ncc[nH]2)C[C@H]1NC(=O)NC(C)C. The highest BCUT2D eigenvalue weighted by Crippen LogP contribution is 2.27. The van der Waals surface area contributed by atoms with E-state index < -0.39 is 0 Å². The van der Waals surface area contributed by atoms with Gasteiger partial charge in [0.25, 0.3) is 0 Å². The molecule has 8 nitrogen and oxygen atoms in total. The Bertz CT molecular complexity index is 591. The van der Waals surface area contributed by atoms with Crippen molar-refractivity contribution < 1.29 is 14.3 Å². The zero-order valence-corrected chi connectivity index (χ0v) is 17.3. The minimum atomic E-state index is -0.204. The molecule has 8 heteroatoms. The standard InChI is InChI=1S/C20H35N5O3/c1-4-12-28-17-8-7-15(13-16(17)25-20(27)24-14(2)3)19(26)23-9-5-6-18-21-10-11-22-18/h10-11,14-17H,4-9,12-13H2,1-3H3,(H,21,22)(H,23,26)(H2,24,25,27)/t15-,16+,17+/m0/s1. The Balaban J connectivity index is 1.81. The fraction of sp³-hybridized carbons (Fsp3) is 0.750. The van der Waals surface area contributed by atoms with Crippen molar-refractivity contribution in [2.75, 3.05) is 13.2 Å². The number of H-pyrrole nitrogens is 1. The van der Waals surface area contributed by atoms with Crippen LogP contribution in [0.4, 0.5) is 4.79 Å². The first-order valence-electron chi connectivity index (χ1n) is 10.4. The maximum absolute atomic E-state index is 12.6. The third-order valence-corrected chi connectivity index (χ3v) is 4.87. The van der Waals surface area contributed by atoms with Gasteiger partial charge in [0.05, 0.1) is 12.1 Å². The number of carbonyl (C=O) groups excluding carboxylic acids is 2. The van der Waals surface area contributed by atoms with Crippen LogP contribution in [0.3, 0.4) is 0 Å². The Kier molecular flexibility index (Phi) is 9.27. The molecule has 0 radical (unpaired) electrons. The number of ether oxygens (including phenoxy) is 1. The molecule has 1 heterocycles. The van der Waals surface area contributed by atoms with Gasteiger partial charge < -0.3 is 25.7 Å². The summed E-state index contributed by atoms with van der Waals surface area (Å²) in [5, 5.41) is 8.89. The topological polar surface area (TPSA) is 108 Å². The summed E-state index contributed by atoms with van der Waals surface area (Å²) in [6, 6.07) is -0.297. The number of rotatable bonds is 10. The number of urea groups is 1. The highest BCUT2D eigenvalue weighted by Gasteiger charge is 2.35. The van der Waals surface area contributed by atoms with E-state index in [9.17, 15) is 9.59 Å². The van der Waals surface area contributed by atoms with Gasteiger partial charge in [-0.25, -0.2) is 9.78 Å². The van der Waals surface area contributed by atoms with Gasteiger partial charge in [0, 0.05) is 43.9 Å². The normalized spacial score (nSPS) is 22.1. The second kappa shape index (κ2) is 11.7. The first kappa shape index (κ1) is 22.2. The summed E-state index contributed by atoms with van der Waals surface area (Å²) in [5.74, 6) is 0.891. The second-order valence-corrected chi connectivity index (χ2v) is 7.73. The monoisotopic (exact) mass is 393 g/mol. The maximum atomic E-state index is 12.6. The number of aromatic nitrogens is 2. The summed E-state index contributed by atoms with van der Waals surface area (Å²) in [6.07, 6.45) is 8.23. The minimum Gasteiger partial charge on any atom is -0.376 e. The largest absolute Gasteiger partial charge is 0.376 e. The number of hydrogen-bond acceptors (Lipinski definition) is 4. The van der Waals surface area contributed by atoms with Crippen LogP contribution in [-0.4, -0.2) is 53.2 Å². The predicted molar refractivity (Wildman–Crippen MR) is 108 cm³/mol. The number of nitrogens with one attached hydrogen (secondary N) is 4. The van der Waals surface area contributed by atoms with Gasteiger partial charge in [-0.15, -0.1) is 0 Å². The number of amides is 3. The van der Waals surface area contributed by atoms with E-state index in [1.54, 1.807) is 12.4 Å². The molecule has 1 aromatic heterocycles. The van der Waals surface area contributed by atoms with Crippen LogP contribution < -0.4 is 16.0 Å². The Morgan fingerprint density at radius 1 is 1.36 bits per heavy atom. The highest BCUT2D eigenvalue weighted by atomic mass is 16.5. The Hall–Kier alpha value is -2.09. The van der Waals surface area contributed by atoms with Crippen LogP contribution in [0.5, 0.6) is 0 Å². The van der Waals surface area contributed by atoms with E-state index >= 15 is 0 Å². The second-order valence-electron chi connectivity index (χ2n) is 7.73. The molecule has 0 aromatic carbocycles. The van der Waals surface area contributed by atoms with Gasteiger partial charge in [-0.05, 0) is 46.0 Å². The molecule has 1 fully saturated rings. The highest BCUT2D eigenvalue weighted by molar-refractivity contribution is 5.79. The number of imidazole rings is 1. The van der Waals surface area contributed by atoms with Crippen molar-refractivity contribution in [2.45, 2.75) is 77.5 Å². The molecule has 158 valence electrons. The number of hydrogen-bond donors (Lipinski definition) is 4. The third-order valence-electron chi connectivity index (χ3n) is 4.87. The number of nitrogens with zero attached hydrogens (tertiary/aromatic N) is 1. The van der Waals surface area contributed by atoms with Gasteiger partial charge in [-0.1, -0.05) is 6.92 Å². The molecule has 1 aliphatic rings.